The molecule has 0 aliphatic carbocycles. The zero-order valence-corrected chi connectivity index (χ0v) is 9.44. The molecule has 0 N–H and O–H groups in total. The second-order valence-corrected chi connectivity index (χ2v) is 3.70. The van der Waals surface area contributed by atoms with Crippen LogP contribution >= 0.6 is 0 Å². The van der Waals surface area contributed by atoms with Gasteiger partial charge in [0.2, 0.25) is 0 Å². The van der Waals surface area contributed by atoms with Gasteiger partial charge in [0.05, 0.1) is 11.8 Å². The first kappa shape index (κ1) is 12.5. The quantitative estimate of drug-likeness (QED) is 0.838. The predicted octanol–water partition coefficient (Wildman–Crippen LogP) is 3.83. The summed E-state index contributed by atoms with van der Waals surface area (Å²) < 4.78 is 47.7. The molecular formula is C12H10F3NO2. The average Bonchev–Trinajstić information content (AvgIpc) is 2.81. The number of aromatic nitrogens is 1. The number of ether oxygens (including phenoxy) is 1. The molecule has 0 saturated carbocycles. The lowest BCUT2D eigenvalue weighted by molar-refractivity contribution is -0.137. The van der Waals surface area contributed by atoms with Crippen molar-refractivity contribution in [1.29, 1.82) is 0 Å². The standard InChI is InChI=1S/C12H10F3NO2/c1-8(11-5-6-16-18-11)17-10-4-2-3-9(7-10)12(13,14)15/h2-8H,1H3/t8-/m0/s1. The monoisotopic (exact) mass is 257 g/mol. The van der Waals surface area contributed by atoms with E-state index in [-0.39, 0.29) is 5.75 Å². The van der Waals surface area contributed by atoms with E-state index < -0.39 is 17.8 Å². The molecule has 1 heterocycles. The molecule has 18 heavy (non-hydrogen) atoms. The fourth-order valence-corrected chi connectivity index (χ4v) is 1.44. The fourth-order valence-electron chi connectivity index (χ4n) is 1.44. The summed E-state index contributed by atoms with van der Waals surface area (Å²) in [6.07, 6.45) is -3.44. The Bertz CT molecular complexity index is 508. The van der Waals surface area contributed by atoms with E-state index in [0.717, 1.165) is 12.1 Å². The Labute approximate surface area is 101 Å². The maximum absolute atomic E-state index is 12.5. The highest BCUT2D eigenvalue weighted by atomic mass is 19.4. The van der Waals surface area contributed by atoms with Crippen molar-refractivity contribution in [2.45, 2.75) is 19.2 Å². The van der Waals surface area contributed by atoms with Crippen LogP contribution in [0.2, 0.25) is 0 Å². The van der Waals surface area contributed by atoms with E-state index in [0.29, 0.717) is 5.76 Å². The summed E-state index contributed by atoms with van der Waals surface area (Å²) in [7, 11) is 0. The van der Waals surface area contributed by atoms with Gasteiger partial charge >= 0.3 is 6.18 Å². The average molecular weight is 257 g/mol. The first-order valence-electron chi connectivity index (χ1n) is 5.21. The Morgan fingerprint density at radius 3 is 2.67 bits per heavy atom. The van der Waals surface area contributed by atoms with E-state index in [1.807, 2.05) is 0 Å². The van der Waals surface area contributed by atoms with Crippen LogP contribution in [0.15, 0.2) is 41.1 Å². The second kappa shape index (κ2) is 4.72. The molecule has 1 aromatic heterocycles. The third-order valence-electron chi connectivity index (χ3n) is 2.33. The van der Waals surface area contributed by atoms with Crippen LogP contribution in [0.1, 0.15) is 24.4 Å². The first-order valence-corrected chi connectivity index (χ1v) is 5.21. The van der Waals surface area contributed by atoms with Crippen LogP contribution in [-0.4, -0.2) is 5.16 Å². The van der Waals surface area contributed by atoms with Crippen LogP contribution in [-0.2, 0) is 6.18 Å². The minimum absolute atomic E-state index is 0.133. The molecule has 0 fully saturated rings. The van der Waals surface area contributed by atoms with E-state index in [1.165, 1.54) is 18.3 Å². The lowest BCUT2D eigenvalue weighted by Gasteiger charge is -2.13. The van der Waals surface area contributed by atoms with Crippen LogP contribution < -0.4 is 4.74 Å². The molecule has 96 valence electrons. The number of benzene rings is 1. The second-order valence-electron chi connectivity index (χ2n) is 3.70. The molecular weight excluding hydrogens is 247 g/mol. The van der Waals surface area contributed by atoms with Gasteiger partial charge in [-0.1, -0.05) is 11.2 Å². The first-order chi connectivity index (χ1) is 8.47. The topological polar surface area (TPSA) is 35.3 Å². The summed E-state index contributed by atoms with van der Waals surface area (Å²) in [4.78, 5) is 0. The highest BCUT2D eigenvalue weighted by Crippen LogP contribution is 2.32. The van der Waals surface area contributed by atoms with Crippen LogP contribution in [0.4, 0.5) is 13.2 Å². The number of hydrogen-bond acceptors (Lipinski definition) is 3. The molecule has 1 atom stereocenters. The molecule has 3 nitrogen and oxygen atoms in total. The minimum Gasteiger partial charge on any atom is -0.483 e. The van der Waals surface area contributed by atoms with Crippen molar-refractivity contribution in [1.82, 2.24) is 5.16 Å². The van der Waals surface area contributed by atoms with Crippen molar-refractivity contribution in [3.05, 3.63) is 47.9 Å². The van der Waals surface area contributed by atoms with Gasteiger partial charge in [0.1, 0.15) is 5.75 Å². The number of alkyl halides is 3. The zero-order valence-electron chi connectivity index (χ0n) is 9.44. The fraction of sp³-hybridized carbons (Fsp3) is 0.250. The number of halogens is 3. The molecule has 0 saturated heterocycles. The van der Waals surface area contributed by atoms with E-state index >= 15 is 0 Å². The molecule has 0 aliphatic rings. The maximum atomic E-state index is 12.5. The summed E-state index contributed by atoms with van der Waals surface area (Å²) in [6, 6.07) is 6.30. The lowest BCUT2D eigenvalue weighted by Crippen LogP contribution is -2.06. The molecule has 1 aromatic carbocycles. The summed E-state index contributed by atoms with van der Waals surface area (Å²) in [5.74, 6) is 0.584. The molecule has 0 unspecified atom stereocenters. The predicted molar refractivity (Wildman–Crippen MR) is 57.0 cm³/mol. The number of rotatable bonds is 3. The van der Waals surface area contributed by atoms with Crippen molar-refractivity contribution in [3.8, 4) is 5.75 Å². The van der Waals surface area contributed by atoms with Gasteiger partial charge in [-0.05, 0) is 25.1 Å². The normalized spacial score (nSPS) is 13.3. The lowest BCUT2D eigenvalue weighted by atomic mass is 10.2. The molecule has 0 bridgehead atoms. The SMILES string of the molecule is C[C@H](Oc1cccc(C(F)(F)F)c1)c1ccno1. The van der Waals surface area contributed by atoms with Gasteiger partial charge in [0.25, 0.3) is 0 Å². The summed E-state index contributed by atoms with van der Waals surface area (Å²) in [5.41, 5.74) is -0.746. The highest BCUT2D eigenvalue weighted by molar-refractivity contribution is 5.30. The number of hydrogen-bond donors (Lipinski definition) is 0. The van der Waals surface area contributed by atoms with Crippen LogP contribution in [0.25, 0.3) is 0 Å². The van der Waals surface area contributed by atoms with E-state index in [4.69, 9.17) is 9.26 Å². The van der Waals surface area contributed by atoms with Crippen molar-refractivity contribution in [3.63, 3.8) is 0 Å². The van der Waals surface area contributed by atoms with Crippen molar-refractivity contribution in [2.75, 3.05) is 0 Å². The van der Waals surface area contributed by atoms with E-state index in [9.17, 15) is 13.2 Å². The molecule has 0 amide bonds. The van der Waals surface area contributed by atoms with Crippen molar-refractivity contribution in [2.24, 2.45) is 0 Å². The van der Waals surface area contributed by atoms with Crippen molar-refractivity contribution < 1.29 is 22.4 Å². The van der Waals surface area contributed by atoms with E-state index in [2.05, 4.69) is 5.16 Å². The summed E-state index contributed by atoms with van der Waals surface area (Å²) >= 11 is 0. The third kappa shape index (κ3) is 2.82. The maximum Gasteiger partial charge on any atom is 0.416 e. The summed E-state index contributed by atoms with van der Waals surface area (Å²) in [5, 5.41) is 3.51. The Morgan fingerprint density at radius 1 is 1.28 bits per heavy atom. The minimum atomic E-state index is -4.38. The molecule has 0 aliphatic heterocycles. The summed E-state index contributed by atoms with van der Waals surface area (Å²) in [6.45, 7) is 1.67. The molecule has 2 rings (SSSR count). The smallest absolute Gasteiger partial charge is 0.416 e. The van der Waals surface area contributed by atoms with Gasteiger partial charge in [0, 0.05) is 6.07 Å². The van der Waals surface area contributed by atoms with Gasteiger partial charge < -0.3 is 9.26 Å². The molecule has 2 aromatic rings. The van der Waals surface area contributed by atoms with Gasteiger partial charge in [-0.15, -0.1) is 0 Å². The largest absolute Gasteiger partial charge is 0.483 e. The Kier molecular flexibility index (Phi) is 3.27. The molecule has 6 heteroatoms. The van der Waals surface area contributed by atoms with Crippen molar-refractivity contribution >= 4 is 0 Å². The number of nitrogens with zero attached hydrogens (tertiary/aromatic N) is 1. The van der Waals surface area contributed by atoms with Crippen LogP contribution in [0.3, 0.4) is 0 Å². The molecule has 0 radical (unpaired) electrons. The van der Waals surface area contributed by atoms with E-state index in [1.54, 1.807) is 13.0 Å². The Balaban J connectivity index is 2.15. The van der Waals surface area contributed by atoms with Crippen LogP contribution in [0, 0.1) is 0 Å². The third-order valence-corrected chi connectivity index (χ3v) is 2.33. The molecule has 0 spiro atoms. The van der Waals surface area contributed by atoms with Gasteiger partial charge in [-0.25, -0.2) is 0 Å². The Hall–Kier alpha value is -1.98. The zero-order chi connectivity index (χ0) is 13.2. The highest BCUT2D eigenvalue weighted by Gasteiger charge is 2.30. The van der Waals surface area contributed by atoms with Crippen LogP contribution in [0.5, 0.6) is 5.75 Å². The Morgan fingerprint density at radius 2 is 2.06 bits per heavy atom. The van der Waals surface area contributed by atoms with Gasteiger partial charge in [-0.3, -0.25) is 0 Å². The van der Waals surface area contributed by atoms with Gasteiger partial charge in [0.15, 0.2) is 11.9 Å². The van der Waals surface area contributed by atoms with Gasteiger partial charge in [-0.2, -0.15) is 13.2 Å².